The molecule has 0 saturated carbocycles. The zero-order valence-electron chi connectivity index (χ0n) is 20.6. The van der Waals surface area contributed by atoms with Gasteiger partial charge in [-0.3, -0.25) is 0 Å². The SMILES string of the molecule is CON1CCN(C(=S)SCCC(C#N)(c2ccccc2)c2ccccc2)C(S(=O)(=O)c2ccccc2)C1. The van der Waals surface area contributed by atoms with E-state index < -0.39 is 20.6 Å². The smallest absolute Gasteiger partial charge is 0.200 e. The summed E-state index contributed by atoms with van der Waals surface area (Å²) in [5.74, 6) is 0.554. The summed E-state index contributed by atoms with van der Waals surface area (Å²) in [5.41, 5.74) is 1.01. The summed E-state index contributed by atoms with van der Waals surface area (Å²) in [4.78, 5) is 7.42. The molecule has 1 aliphatic rings. The van der Waals surface area contributed by atoms with Gasteiger partial charge in [0.05, 0.1) is 24.6 Å². The van der Waals surface area contributed by atoms with E-state index in [1.165, 1.54) is 11.8 Å². The highest BCUT2D eigenvalue weighted by Gasteiger charge is 2.40. The fourth-order valence-corrected chi connectivity index (χ4v) is 7.92. The lowest BCUT2D eigenvalue weighted by Gasteiger charge is -2.40. The first kappa shape index (κ1) is 27.3. The van der Waals surface area contributed by atoms with Gasteiger partial charge in [0.1, 0.15) is 9.74 Å². The van der Waals surface area contributed by atoms with Crippen molar-refractivity contribution in [2.24, 2.45) is 0 Å². The molecular formula is C28H29N3O3S3. The molecule has 1 aliphatic heterocycles. The molecule has 0 bridgehead atoms. The Kier molecular flexibility index (Phi) is 9.00. The molecule has 0 amide bonds. The lowest BCUT2D eigenvalue weighted by Crippen LogP contribution is -2.56. The van der Waals surface area contributed by atoms with E-state index >= 15 is 0 Å². The Hall–Kier alpha value is -2.74. The van der Waals surface area contributed by atoms with Gasteiger partial charge in [0.2, 0.25) is 9.84 Å². The molecule has 1 saturated heterocycles. The fraction of sp³-hybridized carbons (Fsp3) is 0.286. The van der Waals surface area contributed by atoms with Crippen LogP contribution in [0.25, 0.3) is 0 Å². The summed E-state index contributed by atoms with van der Waals surface area (Å²) in [6.07, 6.45) is 0.524. The summed E-state index contributed by atoms with van der Waals surface area (Å²) in [6.45, 7) is 1.15. The molecule has 4 rings (SSSR count). The van der Waals surface area contributed by atoms with Crippen molar-refractivity contribution in [3.63, 3.8) is 0 Å². The molecule has 1 atom stereocenters. The predicted octanol–water partition coefficient (Wildman–Crippen LogP) is 4.88. The minimum Gasteiger partial charge on any atom is -0.338 e. The van der Waals surface area contributed by atoms with E-state index in [0.717, 1.165) is 11.1 Å². The van der Waals surface area contributed by atoms with Crippen molar-refractivity contribution >= 4 is 38.1 Å². The second kappa shape index (κ2) is 12.2. The molecule has 37 heavy (non-hydrogen) atoms. The summed E-state index contributed by atoms with van der Waals surface area (Å²) in [5, 5.41) is 11.2. The van der Waals surface area contributed by atoms with E-state index in [0.29, 0.717) is 29.6 Å². The third-order valence-corrected chi connectivity index (χ3v) is 10.2. The standard InChI is InChI=1S/C28H29N3O3S3/c1-34-30-18-19-31(26(21-30)37(32,33)25-15-9-4-10-16-25)27(35)36-20-17-28(22-29,23-11-5-2-6-12-23)24-13-7-3-8-14-24/h2-16,26H,17-21H2,1H3. The van der Waals surface area contributed by atoms with Crippen molar-refractivity contribution in [1.29, 1.82) is 5.26 Å². The van der Waals surface area contributed by atoms with Crippen LogP contribution < -0.4 is 0 Å². The van der Waals surface area contributed by atoms with Crippen LogP contribution in [-0.2, 0) is 20.1 Å². The molecule has 0 spiro atoms. The quantitative estimate of drug-likeness (QED) is 0.367. The molecule has 6 nitrogen and oxygen atoms in total. The van der Waals surface area contributed by atoms with E-state index in [1.54, 1.807) is 47.4 Å². The van der Waals surface area contributed by atoms with E-state index in [4.69, 9.17) is 17.1 Å². The zero-order valence-corrected chi connectivity index (χ0v) is 23.0. The number of piperazine rings is 1. The minimum absolute atomic E-state index is 0.185. The third kappa shape index (κ3) is 5.89. The first-order chi connectivity index (χ1) is 17.9. The largest absolute Gasteiger partial charge is 0.338 e. The number of sulfone groups is 1. The van der Waals surface area contributed by atoms with E-state index in [1.807, 2.05) is 60.7 Å². The van der Waals surface area contributed by atoms with Crippen LogP contribution >= 0.6 is 24.0 Å². The lowest BCUT2D eigenvalue weighted by atomic mass is 9.74. The Morgan fingerprint density at radius 1 is 1.00 bits per heavy atom. The molecule has 0 N–H and O–H groups in total. The van der Waals surface area contributed by atoms with Crippen LogP contribution in [0.2, 0.25) is 0 Å². The van der Waals surface area contributed by atoms with Gasteiger partial charge in [-0.15, -0.1) is 0 Å². The van der Waals surface area contributed by atoms with Gasteiger partial charge < -0.3 is 9.74 Å². The highest BCUT2D eigenvalue weighted by atomic mass is 32.2. The Morgan fingerprint density at radius 3 is 2.05 bits per heavy atom. The fourth-order valence-electron chi connectivity index (χ4n) is 4.59. The minimum atomic E-state index is -3.69. The van der Waals surface area contributed by atoms with Gasteiger partial charge in [0.15, 0.2) is 5.37 Å². The Morgan fingerprint density at radius 2 is 1.54 bits per heavy atom. The first-order valence-electron chi connectivity index (χ1n) is 12.0. The van der Waals surface area contributed by atoms with E-state index in [2.05, 4.69) is 6.07 Å². The van der Waals surface area contributed by atoms with Crippen LogP contribution in [0.1, 0.15) is 17.5 Å². The Labute approximate surface area is 228 Å². The molecule has 0 radical (unpaired) electrons. The summed E-state index contributed by atoms with van der Waals surface area (Å²) in [6, 6.07) is 30.6. The average molecular weight is 552 g/mol. The summed E-state index contributed by atoms with van der Waals surface area (Å²) in [7, 11) is -2.15. The van der Waals surface area contributed by atoms with Gasteiger partial charge in [-0.2, -0.15) is 10.3 Å². The summed E-state index contributed by atoms with van der Waals surface area (Å²) >= 11 is 7.21. The van der Waals surface area contributed by atoms with Gasteiger partial charge in [0.25, 0.3) is 0 Å². The number of thiocarbonyl (C=S) groups is 1. The van der Waals surface area contributed by atoms with Crippen molar-refractivity contribution in [2.75, 3.05) is 32.5 Å². The van der Waals surface area contributed by atoms with Gasteiger partial charge in [0, 0.05) is 18.8 Å². The summed E-state index contributed by atoms with van der Waals surface area (Å²) < 4.78 is 27.7. The molecule has 1 unspecified atom stereocenters. The van der Waals surface area contributed by atoms with Gasteiger partial charge in [-0.1, -0.05) is 103 Å². The number of rotatable bonds is 8. The van der Waals surface area contributed by atoms with Gasteiger partial charge in [-0.05, 0) is 29.7 Å². The van der Waals surface area contributed by atoms with Crippen LogP contribution in [0.5, 0.6) is 0 Å². The van der Waals surface area contributed by atoms with Gasteiger partial charge >= 0.3 is 0 Å². The van der Waals surface area contributed by atoms with Gasteiger partial charge in [-0.25, -0.2) is 8.42 Å². The van der Waals surface area contributed by atoms with Crippen LogP contribution in [0.4, 0.5) is 0 Å². The number of nitrogens with zero attached hydrogens (tertiary/aromatic N) is 3. The second-order valence-corrected chi connectivity index (χ2v) is 12.5. The van der Waals surface area contributed by atoms with E-state index in [9.17, 15) is 13.7 Å². The molecular weight excluding hydrogens is 523 g/mol. The van der Waals surface area contributed by atoms with Crippen LogP contribution in [0.3, 0.4) is 0 Å². The van der Waals surface area contributed by atoms with Crippen LogP contribution in [0.15, 0.2) is 95.9 Å². The molecule has 3 aromatic rings. The molecule has 3 aromatic carbocycles. The Bertz CT molecular complexity index is 1290. The molecule has 0 aromatic heterocycles. The number of thioether (sulfide) groups is 1. The number of hydroxylamine groups is 2. The molecule has 9 heteroatoms. The predicted molar refractivity (Wildman–Crippen MR) is 152 cm³/mol. The van der Waals surface area contributed by atoms with Crippen molar-refractivity contribution in [3.8, 4) is 6.07 Å². The maximum atomic E-state index is 13.6. The monoisotopic (exact) mass is 551 g/mol. The Balaban J connectivity index is 1.55. The zero-order chi connectivity index (χ0) is 26.3. The maximum absolute atomic E-state index is 13.6. The highest BCUT2D eigenvalue weighted by Crippen LogP contribution is 2.37. The lowest BCUT2D eigenvalue weighted by molar-refractivity contribution is -0.149. The van der Waals surface area contributed by atoms with E-state index in [-0.39, 0.29) is 11.4 Å². The second-order valence-electron chi connectivity index (χ2n) is 8.69. The molecule has 192 valence electrons. The number of nitriles is 1. The first-order valence-corrected chi connectivity index (χ1v) is 14.9. The van der Waals surface area contributed by atoms with Crippen LogP contribution in [-0.4, -0.2) is 60.6 Å². The van der Waals surface area contributed by atoms with Crippen molar-refractivity contribution < 1.29 is 13.3 Å². The molecule has 0 aliphatic carbocycles. The molecule has 1 fully saturated rings. The van der Waals surface area contributed by atoms with Crippen molar-refractivity contribution in [2.45, 2.75) is 22.1 Å². The third-order valence-electron chi connectivity index (χ3n) is 6.65. The number of hydrogen-bond acceptors (Lipinski definition) is 7. The van der Waals surface area contributed by atoms with Crippen molar-refractivity contribution in [1.82, 2.24) is 9.96 Å². The average Bonchev–Trinajstić information content (AvgIpc) is 2.96. The topological polar surface area (TPSA) is 73.6 Å². The highest BCUT2D eigenvalue weighted by molar-refractivity contribution is 8.22. The normalized spacial score (nSPS) is 16.8. The maximum Gasteiger partial charge on any atom is 0.200 e. The molecule has 1 heterocycles. The number of hydrogen-bond donors (Lipinski definition) is 0. The van der Waals surface area contributed by atoms with Crippen LogP contribution in [0, 0.1) is 11.3 Å². The van der Waals surface area contributed by atoms with Crippen molar-refractivity contribution in [3.05, 3.63) is 102 Å². The number of benzene rings is 3.